The van der Waals surface area contributed by atoms with Gasteiger partial charge in [0.1, 0.15) is 6.17 Å². The molecule has 1 fully saturated rings. The quantitative estimate of drug-likeness (QED) is 0.782. The molecule has 1 saturated heterocycles. The van der Waals surface area contributed by atoms with Crippen LogP contribution in [0.4, 0.5) is 0 Å². The number of allylic oxidation sites excluding steroid dienone is 2. The summed E-state index contributed by atoms with van der Waals surface area (Å²) in [5.41, 5.74) is 9.11. The lowest BCUT2D eigenvalue weighted by Crippen LogP contribution is -2.22. The van der Waals surface area contributed by atoms with Gasteiger partial charge in [0.15, 0.2) is 0 Å². The summed E-state index contributed by atoms with van der Waals surface area (Å²) in [6.07, 6.45) is 5.51. The molecule has 1 aliphatic carbocycles. The van der Waals surface area contributed by atoms with Crippen LogP contribution in [0.15, 0.2) is 66.0 Å². The standard InChI is InChI=1S/C22H25N3/c1-4-9-19-18(5-2)24-22(25-19)17-13-8-12-16-20(17)14-10-6-7-11-15(14)21(16)23-3/h5-13,21-25H,4H2,1-3H3/b18-5+,19-9+. The van der Waals surface area contributed by atoms with Crippen LogP contribution in [-0.4, -0.2) is 7.05 Å². The maximum absolute atomic E-state index is 3.66. The SMILES string of the molecule is C/C=C1/NC(c2cccc3c2-c2ccccc2C3NC)N/C1=C/CC. The van der Waals surface area contributed by atoms with E-state index in [0.717, 1.165) is 6.42 Å². The van der Waals surface area contributed by atoms with E-state index in [1.165, 1.54) is 39.2 Å². The summed E-state index contributed by atoms with van der Waals surface area (Å²) in [5.74, 6) is 0. The smallest absolute Gasteiger partial charge is 0.124 e. The Morgan fingerprint density at radius 2 is 1.68 bits per heavy atom. The zero-order chi connectivity index (χ0) is 17.4. The van der Waals surface area contributed by atoms with Crippen LogP contribution in [0.2, 0.25) is 0 Å². The Kier molecular flexibility index (Phi) is 4.10. The molecule has 0 amide bonds. The third-order valence-electron chi connectivity index (χ3n) is 5.17. The van der Waals surface area contributed by atoms with Gasteiger partial charge in [-0.05, 0) is 42.6 Å². The minimum atomic E-state index is 0.0996. The molecular formula is C22H25N3. The van der Waals surface area contributed by atoms with Gasteiger partial charge in [-0.15, -0.1) is 0 Å². The van der Waals surface area contributed by atoms with Gasteiger partial charge in [-0.2, -0.15) is 0 Å². The van der Waals surface area contributed by atoms with Crippen molar-refractivity contribution in [3.05, 3.63) is 82.7 Å². The average molecular weight is 331 g/mol. The maximum Gasteiger partial charge on any atom is 0.124 e. The third-order valence-corrected chi connectivity index (χ3v) is 5.17. The summed E-state index contributed by atoms with van der Waals surface area (Å²) < 4.78 is 0. The lowest BCUT2D eigenvalue weighted by molar-refractivity contribution is 0.611. The lowest BCUT2D eigenvalue weighted by Gasteiger charge is -2.18. The lowest BCUT2D eigenvalue weighted by atomic mass is 9.97. The Bertz CT molecular complexity index is 863. The van der Waals surface area contributed by atoms with E-state index in [1.54, 1.807) is 0 Å². The second-order valence-electron chi connectivity index (χ2n) is 6.57. The van der Waals surface area contributed by atoms with Crippen LogP contribution in [0.25, 0.3) is 11.1 Å². The van der Waals surface area contributed by atoms with Crippen molar-refractivity contribution in [2.24, 2.45) is 0 Å². The molecule has 1 aliphatic heterocycles. The highest BCUT2D eigenvalue weighted by Crippen LogP contribution is 2.46. The Morgan fingerprint density at radius 3 is 2.44 bits per heavy atom. The van der Waals surface area contributed by atoms with Crippen LogP contribution in [-0.2, 0) is 0 Å². The zero-order valence-corrected chi connectivity index (χ0v) is 15.1. The van der Waals surface area contributed by atoms with Crippen molar-refractivity contribution in [2.45, 2.75) is 32.5 Å². The minimum Gasteiger partial charge on any atom is -0.360 e. The molecule has 3 nitrogen and oxygen atoms in total. The monoisotopic (exact) mass is 331 g/mol. The Labute approximate surface area is 149 Å². The topological polar surface area (TPSA) is 36.1 Å². The van der Waals surface area contributed by atoms with Crippen molar-refractivity contribution < 1.29 is 0 Å². The molecule has 2 aromatic rings. The van der Waals surface area contributed by atoms with Crippen LogP contribution < -0.4 is 16.0 Å². The van der Waals surface area contributed by atoms with Gasteiger partial charge in [0.25, 0.3) is 0 Å². The van der Waals surface area contributed by atoms with Crippen molar-refractivity contribution >= 4 is 0 Å². The highest BCUT2D eigenvalue weighted by molar-refractivity contribution is 5.81. The van der Waals surface area contributed by atoms with Gasteiger partial charge in [-0.1, -0.05) is 61.5 Å². The van der Waals surface area contributed by atoms with Crippen molar-refractivity contribution in [1.82, 2.24) is 16.0 Å². The summed E-state index contributed by atoms with van der Waals surface area (Å²) in [5, 5.41) is 10.8. The largest absolute Gasteiger partial charge is 0.360 e. The molecule has 3 N–H and O–H groups in total. The molecule has 2 aromatic carbocycles. The number of hydrogen-bond acceptors (Lipinski definition) is 3. The van der Waals surface area contributed by atoms with Gasteiger partial charge in [0.2, 0.25) is 0 Å². The molecule has 0 aromatic heterocycles. The van der Waals surface area contributed by atoms with E-state index in [2.05, 4.69) is 84.4 Å². The molecule has 0 spiro atoms. The molecule has 0 saturated carbocycles. The number of benzene rings is 2. The molecule has 1 heterocycles. The molecule has 2 atom stereocenters. The molecule has 4 rings (SSSR count). The maximum atomic E-state index is 3.66. The Morgan fingerprint density at radius 1 is 0.960 bits per heavy atom. The fourth-order valence-corrected chi connectivity index (χ4v) is 4.11. The van der Waals surface area contributed by atoms with Crippen molar-refractivity contribution in [3.8, 4) is 11.1 Å². The number of hydrogen-bond donors (Lipinski definition) is 3. The summed E-state index contributed by atoms with van der Waals surface area (Å²) in [7, 11) is 2.04. The number of nitrogens with one attached hydrogen (secondary N) is 3. The number of fused-ring (bicyclic) bond motifs is 3. The first-order valence-corrected chi connectivity index (χ1v) is 9.07. The van der Waals surface area contributed by atoms with Crippen LogP contribution >= 0.6 is 0 Å². The van der Waals surface area contributed by atoms with Crippen LogP contribution in [0.1, 0.15) is 49.2 Å². The van der Waals surface area contributed by atoms with E-state index in [1.807, 2.05) is 7.05 Å². The van der Waals surface area contributed by atoms with E-state index in [-0.39, 0.29) is 12.2 Å². The van der Waals surface area contributed by atoms with E-state index in [4.69, 9.17) is 0 Å². The Balaban J connectivity index is 1.83. The fraction of sp³-hybridized carbons (Fsp3) is 0.273. The van der Waals surface area contributed by atoms with E-state index in [0.29, 0.717) is 0 Å². The van der Waals surface area contributed by atoms with Crippen LogP contribution in [0.3, 0.4) is 0 Å². The predicted octanol–water partition coefficient (Wildman–Crippen LogP) is 4.36. The fourth-order valence-electron chi connectivity index (χ4n) is 4.11. The van der Waals surface area contributed by atoms with Gasteiger partial charge >= 0.3 is 0 Å². The average Bonchev–Trinajstić information content (AvgIpc) is 3.20. The van der Waals surface area contributed by atoms with Crippen molar-refractivity contribution in [1.29, 1.82) is 0 Å². The highest BCUT2D eigenvalue weighted by Gasteiger charge is 2.33. The second-order valence-corrected chi connectivity index (χ2v) is 6.57. The summed E-state index contributed by atoms with van der Waals surface area (Å²) in [4.78, 5) is 0. The molecule has 0 bridgehead atoms. The van der Waals surface area contributed by atoms with Crippen molar-refractivity contribution in [2.75, 3.05) is 7.05 Å². The van der Waals surface area contributed by atoms with Gasteiger partial charge in [0.05, 0.1) is 17.4 Å². The summed E-state index contributed by atoms with van der Waals surface area (Å²) in [6.45, 7) is 4.25. The van der Waals surface area contributed by atoms with E-state index < -0.39 is 0 Å². The molecule has 128 valence electrons. The van der Waals surface area contributed by atoms with Crippen LogP contribution in [0.5, 0.6) is 0 Å². The minimum absolute atomic E-state index is 0.0996. The van der Waals surface area contributed by atoms with Gasteiger partial charge in [-0.25, -0.2) is 0 Å². The molecule has 0 radical (unpaired) electrons. The first-order valence-electron chi connectivity index (χ1n) is 9.07. The summed E-state index contributed by atoms with van der Waals surface area (Å²) >= 11 is 0. The number of rotatable bonds is 3. The van der Waals surface area contributed by atoms with E-state index in [9.17, 15) is 0 Å². The molecular weight excluding hydrogens is 306 g/mol. The molecule has 2 unspecified atom stereocenters. The highest BCUT2D eigenvalue weighted by atomic mass is 15.2. The summed E-state index contributed by atoms with van der Waals surface area (Å²) in [6, 6.07) is 15.6. The molecule has 25 heavy (non-hydrogen) atoms. The Hall–Kier alpha value is -2.52. The predicted molar refractivity (Wildman–Crippen MR) is 104 cm³/mol. The normalized spacial score (nSPS) is 24.1. The first kappa shape index (κ1) is 16.0. The van der Waals surface area contributed by atoms with Gasteiger partial charge in [-0.3, -0.25) is 0 Å². The molecule has 2 aliphatic rings. The third kappa shape index (κ3) is 2.47. The first-order chi connectivity index (χ1) is 12.3. The molecule has 3 heteroatoms. The zero-order valence-electron chi connectivity index (χ0n) is 15.1. The van der Waals surface area contributed by atoms with Gasteiger partial charge in [0, 0.05) is 5.56 Å². The van der Waals surface area contributed by atoms with E-state index >= 15 is 0 Å². The van der Waals surface area contributed by atoms with Gasteiger partial charge < -0.3 is 16.0 Å². The van der Waals surface area contributed by atoms with Crippen LogP contribution in [0, 0.1) is 0 Å². The van der Waals surface area contributed by atoms with Crippen molar-refractivity contribution in [3.63, 3.8) is 0 Å². The second kappa shape index (κ2) is 6.41.